The van der Waals surface area contributed by atoms with E-state index < -0.39 is 17.3 Å². The summed E-state index contributed by atoms with van der Waals surface area (Å²) in [5, 5.41) is 14.0. The average Bonchev–Trinajstić information content (AvgIpc) is 2.86. The Kier molecular flexibility index (Phi) is 4.49. The number of aromatic hydroxyl groups is 1. The van der Waals surface area contributed by atoms with Gasteiger partial charge in [-0.25, -0.2) is 9.82 Å². The number of nitrogens with one attached hydrogen (secondary N) is 3. The number of fused-ring (bicyclic) bond motifs is 1. The van der Waals surface area contributed by atoms with Crippen molar-refractivity contribution in [2.75, 3.05) is 0 Å². The number of hydrogen-bond donors (Lipinski definition) is 4. The number of hydrogen-bond acceptors (Lipinski definition) is 5. The van der Waals surface area contributed by atoms with E-state index in [2.05, 4.69) is 20.5 Å². The van der Waals surface area contributed by atoms with Crippen molar-refractivity contribution >= 4 is 23.8 Å². The SMILES string of the molecule is C[C@@H]1C/C(=N\NC(=O)Cc2cc(=O)[nH]c(=S)[nH]2)c2c(O)ccc(F)c21. The number of hydrazone groups is 1. The van der Waals surface area contributed by atoms with Crippen LogP contribution in [0.1, 0.15) is 36.1 Å². The molecule has 7 nitrogen and oxygen atoms in total. The van der Waals surface area contributed by atoms with Crippen LogP contribution in [-0.2, 0) is 11.2 Å². The first kappa shape index (κ1) is 17.0. The van der Waals surface area contributed by atoms with E-state index in [0.717, 1.165) is 0 Å². The lowest BCUT2D eigenvalue weighted by molar-refractivity contribution is -0.120. The number of H-pyrrole nitrogens is 2. The van der Waals surface area contributed by atoms with Crippen molar-refractivity contribution in [3.63, 3.8) is 0 Å². The number of nitrogens with zero attached hydrogens (tertiary/aromatic N) is 1. The van der Waals surface area contributed by atoms with E-state index in [0.29, 0.717) is 29.0 Å². The maximum atomic E-state index is 14.0. The molecular formula is C16H15FN4O3S. The van der Waals surface area contributed by atoms with Crippen LogP contribution < -0.4 is 11.0 Å². The summed E-state index contributed by atoms with van der Waals surface area (Å²) in [5.74, 6) is -1.11. The third kappa shape index (κ3) is 3.50. The van der Waals surface area contributed by atoms with Crippen LogP contribution in [0.5, 0.6) is 5.75 Å². The molecule has 0 saturated heterocycles. The molecule has 1 aliphatic carbocycles. The molecule has 0 spiro atoms. The van der Waals surface area contributed by atoms with Gasteiger partial charge in [0.1, 0.15) is 11.6 Å². The van der Waals surface area contributed by atoms with Crippen LogP contribution in [0, 0.1) is 10.6 Å². The van der Waals surface area contributed by atoms with Gasteiger partial charge in [0, 0.05) is 22.9 Å². The van der Waals surface area contributed by atoms with E-state index in [9.17, 15) is 19.1 Å². The first-order valence-electron chi connectivity index (χ1n) is 7.55. The predicted molar refractivity (Wildman–Crippen MR) is 91.7 cm³/mol. The molecule has 0 unspecified atom stereocenters. The van der Waals surface area contributed by atoms with Crippen molar-refractivity contribution in [3.05, 3.63) is 56.0 Å². The fourth-order valence-corrected chi connectivity index (χ4v) is 3.15. The highest BCUT2D eigenvalue weighted by Gasteiger charge is 2.30. The molecular weight excluding hydrogens is 347 g/mol. The van der Waals surface area contributed by atoms with Gasteiger partial charge in [0.2, 0.25) is 5.91 Å². The summed E-state index contributed by atoms with van der Waals surface area (Å²) in [4.78, 5) is 28.4. The zero-order chi connectivity index (χ0) is 18.1. The molecule has 9 heteroatoms. The van der Waals surface area contributed by atoms with Gasteiger partial charge >= 0.3 is 0 Å². The molecule has 4 N–H and O–H groups in total. The zero-order valence-electron chi connectivity index (χ0n) is 13.2. The summed E-state index contributed by atoms with van der Waals surface area (Å²) in [5.41, 5.74) is 3.44. The Morgan fingerprint density at radius 1 is 1.48 bits per heavy atom. The largest absolute Gasteiger partial charge is 0.507 e. The van der Waals surface area contributed by atoms with Crippen molar-refractivity contribution in [1.29, 1.82) is 0 Å². The molecule has 0 aliphatic heterocycles. The first-order valence-corrected chi connectivity index (χ1v) is 7.95. The molecule has 0 fully saturated rings. The highest BCUT2D eigenvalue weighted by molar-refractivity contribution is 7.71. The molecule has 1 heterocycles. The number of carbonyl (C=O) groups excluding carboxylic acids is 1. The van der Waals surface area contributed by atoms with Crippen LogP contribution >= 0.6 is 12.2 Å². The maximum Gasteiger partial charge on any atom is 0.251 e. The molecule has 0 radical (unpaired) electrons. The molecule has 1 aromatic carbocycles. The van der Waals surface area contributed by atoms with E-state index in [1.54, 1.807) is 0 Å². The second-order valence-corrected chi connectivity index (χ2v) is 6.25. The summed E-state index contributed by atoms with van der Waals surface area (Å²) in [6, 6.07) is 3.71. The Morgan fingerprint density at radius 2 is 2.24 bits per heavy atom. The van der Waals surface area contributed by atoms with Crippen molar-refractivity contribution < 1.29 is 14.3 Å². The molecule has 0 saturated carbocycles. The summed E-state index contributed by atoms with van der Waals surface area (Å²) < 4.78 is 14.1. The normalized spacial score (nSPS) is 17.5. The minimum Gasteiger partial charge on any atom is -0.507 e. The molecule has 1 aliphatic rings. The average molecular weight is 362 g/mol. The molecule has 130 valence electrons. The van der Waals surface area contributed by atoms with Crippen molar-refractivity contribution in [1.82, 2.24) is 15.4 Å². The van der Waals surface area contributed by atoms with Crippen molar-refractivity contribution in [3.8, 4) is 5.75 Å². The Hall–Kier alpha value is -2.81. The molecule has 1 aromatic heterocycles. The van der Waals surface area contributed by atoms with Gasteiger partial charge in [-0.3, -0.25) is 14.6 Å². The summed E-state index contributed by atoms with van der Waals surface area (Å²) >= 11 is 4.84. The number of aromatic amines is 2. The number of phenols is 1. The van der Waals surface area contributed by atoms with Gasteiger partial charge in [-0.2, -0.15) is 5.10 Å². The van der Waals surface area contributed by atoms with Gasteiger partial charge in [-0.1, -0.05) is 6.92 Å². The van der Waals surface area contributed by atoms with Crippen LogP contribution in [0.4, 0.5) is 4.39 Å². The number of amides is 1. The molecule has 0 bridgehead atoms. The van der Waals surface area contributed by atoms with Gasteiger partial charge in [0.05, 0.1) is 12.1 Å². The van der Waals surface area contributed by atoms with E-state index in [1.165, 1.54) is 18.2 Å². The molecule has 1 amide bonds. The number of aromatic nitrogens is 2. The van der Waals surface area contributed by atoms with Crippen LogP contribution in [0.15, 0.2) is 28.1 Å². The minimum atomic E-state index is -0.472. The number of halogens is 1. The van der Waals surface area contributed by atoms with Crippen molar-refractivity contribution in [2.24, 2.45) is 5.10 Å². The lowest BCUT2D eigenvalue weighted by atomic mass is 10.0. The highest BCUT2D eigenvalue weighted by Crippen LogP contribution is 2.39. The van der Waals surface area contributed by atoms with E-state index in [-0.39, 0.29) is 22.9 Å². The van der Waals surface area contributed by atoms with Gasteiger partial charge in [0.15, 0.2) is 4.77 Å². The fraction of sp³-hybridized carbons (Fsp3) is 0.250. The van der Waals surface area contributed by atoms with E-state index in [4.69, 9.17) is 12.2 Å². The Morgan fingerprint density at radius 3 is 2.96 bits per heavy atom. The zero-order valence-corrected chi connectivity index (χ0v) is 14.0. The number of rotatable bonds is 3. The lowest BCUT2D eigenvalue weighted by Gasteiger charge is -2.06. The van der Waals surface area contributed by atoms with Crippen LogP contribution in [-0.4, -0.2) is 26.7 Å². The summed E-state index contributed by atoms with van der Waals surface area (Å²) in [6.45, 7) is 1.82. The summed E-state index contributed by atoms with van der Waals surface area (Å²) in [6.07, 6.45) is 0.277. The van der Waals surface area contributed by atoms with E-state index >= 15 is 0 Å². The van der Waals surface area contributed by atoms with Crippen LogP contribution in [0.25, 0.3) is 0 Å². The lowest BCUT2D eigenvalue weighted by Crippen LogP contribution is -2.23. The number of carbonyl (C=O) groups is 1. The molecule has 25 heavy (non-hydrogen) atoms. The smallest absolute Gasteiger partial charge is 0.251 e. The monoisotopic (exact) mass is 362 g/mol. The third-order valence-corrected chi connectivity index (χ3v) is 4.14. The Balaban J connectivity index is 1.80. The van der Waals surface area contributed by atoms with E-state index in [1.807, 2.05) is 6.92 Å². The van der Waals surface area contributed by atoms with Crippen molar-refractivity contribution in [2.45, 2.75) is 25.7 Å². The number of benzene rings is 1. The minimum absolute atomic E-state index is 0.0765. The van der Waals surface area contributed by atoms with Gasteiger partial charge < -0.3 is 10.1 Å². The Labute approximate surface area is 146 Å². The van der Waals surface area contributed by atoms with Gasteiger partial charge in [-0.05, 0) is 36.7 Å². The van der Waals surface area contributed by atoms with Crippen LogP contribution in [0.3, 0.4) is 0 Å². The molecule has 1 atom stereocenters. The van der Waals surface area contributed by atoms with Gasteiger partial charge in [0.25, 0.3) is 5.56 Å². The summed E-state index contributed by atoms with van der Waals surface area (Å²) in [7, 11) is 0. The maximum absolute atomic E-state index is 14.0. The molecule has 2 aromatic rings. The Bertz CT molecular complexity index is 967. The first-order chi connectivity index (χ1) is 11.8. The second kappa shape index (κ2) is 6.60. The fourth-order valence-electron chi connectivity index (χ4n) is 2.92. The highest BCUT2D eigenvalue weighted by atomic mass is 32.1. The van der Waals surface area contributed by atoms with Crippen LogP contribution in [0.2, 0.25) is 0 Å². The quantitative estimate of drug-likeness (QED) is 0.493. The second-order valence-electron chi connectivity index (χ2n) is 5.84. The predicted octanol–water partition coefficient (Wildman–Crippen LogP) is 1.85. The molecule has 3 rings (SSSR count). The standard InChI is InChI=1S/C16H15FN4O3S/c1-7-4-10(15-11(22)3-2-9(17)14(7)15)20-21-13(24)6-8-5-12(23)19-16(25)18-8/h2-3,5,7,22H,4,6H2,1H3,(H,21,24)(H2,18,19,23,25)/b20-10+/t7-/m1/s1. The third-order valence-electron chi connectivity index (χ3n) is 3.93. The topological polar surface area (TPSA) is 110 Å². The van der Waals surface area contributed by atoms with Gasteiger partial charge in [-0.15, -0.1) is 0 Å². The number of phenolic OH excluding ortho intramolecular Hbond substituents is 1.